The summed E-state index contributed by atoms with van der Waals surface area (Å²) >= 11 is 5.67. The van der Waals surface area contributed by atoms with Gasteiger partial charge in [0.05, 0.1) is 29.3 Å². The number of rotatable bonds is 4. The highest BCUT2D eigenvalue weighted by Gasteiger charge is 2.33. The van der Waals surface area contributed by atoms with Gasteiger partial charge in [0.2, 0.25) is 0 Å². The maximum absolute atomic E-state index is 12.7. The second-order valence-electron chi connectivity index (χ2n) is 6.01. The third kappa shape index (κ3) is 5.85. The molecule has 31 heavy (non-hydrogen) atoms. The van der Waals surface area contributed by atoms with Crippen molar-refractivity contribution < 1.29 is 35.9 Å². The molecular formula is C19H10ClF6N3O2. The van der Waals surface area contributed by atoms with Crippen molar-refractivity contribution in [2.45, 2.75) is 12.5 Å². The highest BCUT2D eigenvalue weighted by Crippen LogP contribution is 2.33. The van der Waals surface area contributed by atoms with Crippen molar-refractivity contribution in [3.05, 3.63) is 71.1 Å². The molecule has 12 heteroatoms. The first-order chi connectivity index (χ1) is 14.4. The number of anilines is 1. The number of alkyl halides is 6. The number of hydrogen-bond donors (Lipinski definition) is 1. The van der Waals surface area contributed by atoms with Crippen LogP contribution < -0.4 is 10.1 Å². The number of nitrogens with zero attached hydrogens (tertiary/aromatic N) is 2. The third-order valence-electron chi connectivity index (χ3n) is 3.79. The summed E-state index contributed by atoms with van der Waals surface area (Å²) in [6, 6.07) is 7.22. The molecule has 1 N–H and O–H groups in total. The van der Waals surface area contributed by atoms with Crippen LogP contribution in [0.2, 0.25) is 5.02 Å². The van der Waals surface area contributed by atoms with Gasteiger partial charge in [0.15, 0.2) is 5.75 Å². The molecular weight excluding hydrogens is 452 g/mol. The van der Waals surface area contributed by atoms with Crippen LogP contribution in [-0.4, -0.2) is 22.2 Å². The lowest BCUT2D eigenvalue weighted by Gasteiger charge is -2.14. The van der Waals surface area contributed by atoms with Crippen molar-refractivity contribution >= 4 is 23.2 Å². The Morgan fingerprint density at radius 3 is 2.26 bits per heavy atom. The van der Waals surface area contributed by atoms with Crippen molar-refractivity contribution in [1.82, 2.24) is 9.97 Å². The number of amides is 1. The molecule has 0 spiro atoms. The number of nitrogens with one attached hydrogen (secondary N) is 1. The quantitative estimate of drug-likeness (QED) is 0.486. The zero-order chi connectivity index (χ0) is 22.8. The van der Waals surface area contributed by atoms with E-state index in [1.807, 2.05) is 0 Å². The summed E-state index contributed by atoms with van der Waals surface area (Å²) in [7, 11) is 0. The van der Waals surface area contributed by atoms with Gasteiger partial charge in [-0.05, 0) is 24.3 Å². The predicted octanol–water partition coefficient (Wildman–Crippen LogP) is 5.97. The van der Waals surface area contributed by atoms with Crippen LogP contribution >= 0.6 is 11.6 Å². The van der Waals surface area contributed by atoms with Gasteiger partial charge in [-0.1, -0.05) is 23.7 Å². The zero-order valence-corrected chi connectivity index (χ0v) is 15.8. The van der Waals surface area contributed by atoms with Crippen LogP contribution in [0.4, 0.5) is 32.0 Å². The fraction of sp³-hybridized carbons (Fsp3) is 0.105. The minimum atomic E-state index is -5.02. The summed E-state index contributed by atoms with van der Waals surface area (Å²) in [4.78, 5) is 20.3. The Kier molecular flexibility index (Phi) is 6.07. The van der Waals surface area contributed by atoms with Crippen molar-refractivity contribution in [2.24, 2.45) is 0 Å². The van der Waals surface area contributed by atoms with Crippen molar-refractivity contribution in [3.63, 3.8) is 0 Å². The average molecular weight is 462 g/mol. The maximum atomic E-state index is 12.7. The standard InChI is InChI=1S/C19H10ClF6N3O2/c20-12-5-6-13(16(7-12)31-19(24,25)26)29-17(30)15-9-27-8-14(28-15)10-1-3-11(4-2-10)18(21,22)23/h1-9H,(H,29,30). The van der Waals surface area contributed by atoms with Gasteiger partial charge in [-0.3, -0.25) is 9.78 Å². The van der Waals surface area contributed by atoms with Crippen LogP contribution in [0.5, 0.6) is 5.75 Å². The second kappa shape index (κ2) is 8.42. The smallest absolute Gasteiger partial charge is 0.404 e. The number of carbonyl (C=O) groups excluding carboxylic acids is 1. The van der Waals surface area contributed by atoms with Gasteiger partial charge >= 0.3 is 12.5 Å². The molecule has 5 nitrogen and oxygen atoms in total. The molecule has 1 amide bonds. The van der Waals surface area contributed by atoms with Gasteiger partial charge in [-0.25, -0.2) is 4.98 Å². The van der Waals surface area contributed by atoms with Crippen molar-refractivity contribution in [2.75, 3.05) is 5.32 Å². The molecule has 0 unspecified atom stereocenters. The fourth-order valence-electron chi connectivity index (χ4n) is 2.44. The van der Waals surface area contributed by atoms with E-state index in [1.54, 1.807) is 0 Å². The van der Waals surface area contributed by atoms with Crippen LogP contribution in [0.1, 0.15) is 16.1 Å². The molecule has 0 aliphatic carbocycles. The normalized spacial score (nSPS) is 11.8. The van der Waals surface area contributed by atoms with Crippen LogP contribution in [0.15, 0.2) is 54.9 Å². The molecule has 0 aliphatic heterocycles. The minimum Gasteiger partial charge on any atom is -0.404 e. The molecule has 0 fully saturated rings. The molecule has 0 aliphatic rings. The molecule has 2 aromatic carbocycles. The minimum absolute atomic E-state index is 0.0543. The molecule has 162 valence electrons. The largest absolute Gasteiger partial charge is 0.573 e. The number of aromatic nitrogens is 2. The first-order valence-electron chi connectivity index (χ1n) is 8.29. The topological polar surface area (TPSA) is 64.1 Å². The molecule has 3 aromatic rings. The van der Waals surface area contributed by atoms with E-state index in [1.165, 1.54) is 12.3 Å². The molecule has 3 rings (SSSR count). The highest BCUT2D eigenvalue weighted by molar-refractivity contribution is 6.30. The van der Waals surface area contributed by atoms with Gasteiger partial charge < -0.3 is 10.1 Å². The Morgan fingerprint density at radius 1 is 0.968 bits per heavy atom. The molecule has 0 radical (unpaired) electrons. The van der Waals surface area contributed by atoms with Gasteiger partial charge in [0.25, 0.3) is 5.91 Å². The molecule has 1 heterocycles. The Labute approximate surface area is 175 Å². The zero-order valence-electron chi connectivity index (χ0n) is 15.1. The third-order valence-corrected chi connectivity index (χ3v) is 4.03. The van der Waals surface area contributed by atoms with E-state index in [4.69, 9.17) is 11.6 Å². The number of ether oxygens (including phenoxy) is 1. The van der Waals surface area contributed by atoms with Gasteiger partial charge in [-0.15, -0.1) is 13.2 Å². The van der Waals surface area contributed by atoms with Crippen LogP contribution in [-0.2, 0) is 6.18 Å². The number of benzene rings is 2. The number of carbonyl (C=O) groups is 1. The molecule has 0 bridgehead atoms. The van der Waals surface area contributed by atoms with Crippen LogP contribution in [0, 0.1) is 0 Å². The first kappa shape index (κ1) is 22.3. The summed E-state index contributed by atoms with van der Waals surface area (Å²) in [5.74, 6) is -1.66. The Hall–Kier alpha value is -3.34. The van der Waals surface area contributed by atoms with E-state index >= 15 is 0 Å². The Morgan fingerprint density at radius 2 is 1.65 bits per heavy atom. The Balaban J connectivity index is 1.85. The summed E-state index contributed by atoms with van der Waals surface area (Å²) in [5, 5.41) is 2.16. The van der Waals surface area contributed by atoms with Gasteiger partial charge in [-0.2, -0.15) is 13.2 Å². The molecule has 0 saturated heterocycles. The maximum Gasteiger partial charge on any atom is 0.573 e. The number of halogens is 7. The predicted molar refractivity (Wildman–Crippen MR) is 98.6 cm³/mol. The molecule has 0 saturated carbocycles. The van der Waals surface area contributed by atoms with Gasteiger partial charge in [0.1, 0.15) is 5.69 Å². The van der Waals surface area contributed by atoms with E-state index in [0.717, 1.165) is 42.6 Å². The van der Waals surface area contributed by atoms with E-state index in [9.17, 15) is 31.1 Å². The number of hydrogen-bond acceptors (Lipinski definition) is 4. The average Bonchev–Trinajstić information content (AvgIpc) is 2.68. The van der Waals surface area contributed by atoms with E-state index in [0.29, 0.717) is 0 Å². The SMILES string of the molecule is O=C(Nc1ccc(Cl)cc1OC(F)(F)F)c1cncc(-c2ccc(C(F)(F)F)cc2)n1. The van der Waals surface area contributed by atoms with E-state index in [-0.39, 0.29) is 27.7 Å². The summed E-state index contributed by atoms with van der Waals surface area (Å²) in [6.45, 7) is 0. The molecule has 0 atom stereocenters. The highest BCUT2D eigenvalue weighted by atomic mass is 35.5. The van der Waals surface area contributed by atoms with Gasteiger partial charge in [0, 0.05) is 16.7 Å². The second-order valence-corrected chi connectivity index (χ2v) is 6.44. The molecule has 1 aromatic heterocycles. The lowest BCUT2D eigenvalue weighted by Crippen LogP contribution is -2.20. The Bertz CT molecular complexity index is 1100. The fourth-order valence-corrected chi connectivity index (χ4v) is 2.60. The van der Waals surface area contributed by atoms with Crippen molar-refractivity contribution in [1.29, 1.82) is 0 Å². The van der Waals surface area contributed by atoms with Crippen LogP contribution in [0.25, 0.3) is 11.3 Å². The monoisotopic (exact) mass is 461 g/mol. The van der Waals surface area contributed by atoms with Crippen LogP contribution in [0.3, 0.4) is 0 Å². The summed E-state index contributed by atoms with van der Waals surface area (Å²) in [5.41, 5.74) is -1.14. The van der Waals surface area contributed by atoms with Crippen molar-refractivity contribution in [3.8, 4) is 17.0 Å². The lowest BCUT2D eigenvalue weighted by molar-refractivity contribution is -0.274. The first-order valence-corrected chi connectivity index (χ1v) is 8.66. The summed E-state index contributed by atoms with van der Waals surface area (Å²) in [6.07, 6.45) is -7.27. The summed E-state index contributed by atoms with van der Waals surface area (Å²) < 4.78 is 79.7. The lowest BCUT2D eigenvalue weighted by atomic mass is 10.1. The van der Waals surface area contributed by atoms with E-state index < -0.39 is 29.8 Å². The van der Waals surface area contributed by atoms with E-state index in [2.05, 4.69) is 20.0 Å².